The average Bonchev–Trinajstić information content (AvgIpc) is 3.21. The highest BCUT2D eigenvalue weighted by Crippen LogP contribution is 2.33. The Morgan fingerprint density at radius 3 is 2.43 bits per heavy atom. The molecule has 21 heavy (non-hydrogen) atoms. The second-order valence-electron chi connectivity index (χ2n) is 6.15. The van der Waals surface area contributed by atoms with Crippen LogP contribution < -0.4 is 0 Å². The SMILES string of the molecule is CC(=O)N(CC(=O)O)C1CCCN(C(=O)CC2CC2)CC1. The number of carboxylic acid groups (broad SMARTS) is 1. The van der Waals surface area contributed by atoms with Gasteiger partial charge in [0.25, 0.3) is 0 Å². The largest absolute Gasteiger partial charge is 0.480 e. The summed E-state index contributed by atoms with van der Waals surface area (Å²) in [4.78, 5) is 38.0. The van der Waals surface area contributed by atoms with Crippen molar-refractivity contribution in [3.8, 4) is 0 Å². The van der Waals surface area contributed by atoms with E-state index in [2.05, 4.69) is 0 Å². The van der Waals surface area contributed by atoms with Gasteiger partial charge in [-0.15, -0.1) is 0 Å². The fourth-order valence-electron chi connectivity index (χ4n) is 2.98. The van der Waals surface area contributed by atoms with Gasteiger partial charge in [-0.25, -0.2) is 0 Å². The first-order valence-electron chi connectivity index (χ1n) is 7.74. The average molecular weight is 296 g/mol. The van der Waals surface area contributed by atoms with E-state index in [1.165, 1.54) is 24.7 Å². The van der Waals surface area contributed by atoms with Crippen LogP contribution in [0, 0.1) is 5.92 Å². The minimum Gasteiger partial charge on any atom is -0.480 e. The van der Waals surface area contributed by atoms with E-state index < -0.39 is 5.97 Å². The number of carbonyl (C=O) groups excluding carboxylic acids is 2. The molecule has 118 valence electrons. The number of nitrogens with zero attached hydrogens (tertiary/aromatic N) is 2. The third-order valence-electron chi connectivity index (χ3n) is 4.36. The predicted octanol–water partition coefficient (Wildman–Crippen LogP) is 1.10. The molecule has 1 unspecified atom stereocenters. The molecule has 6 nitrogen and oxygen atoms in total. The number of aliphatic carboxylic acids is 1. The van der Waals surface area contributed by atoms with Gasteiger partial charge in [-0.2, -0.15) is 0 Å². The highest BCUT2D eigenvalue weighted by Gasteiger charge is 2.30. The molecule has 1 atom stereocenters. The summed E-state index contributed by atoms with van der Waals surface area (Å²) in [5, 5.41) is 8.92. The van der Waals surface area contributed by atoms with Gasteiger partial charge in [0.15, 0.2) is 0 Å². The van der Waals surface area contributed by atoms with Crippen molar-refractivity contribution in [2.24, 2.45) is 5.92 Å². The Balaban J connectivity index is 1.90. The molecule has 2 amide bonds. The molecule has 0 bridgehead atoms. The van der Waals surface area contributed by atoms with Gasteiger partial charge >= 0.3 is 5.97 Å². The van der Waals surface area contributed by atoms with E-state index in [1.54, 1.807) is 0 Å². The molecule has 0 aromatic rings. The molecular weight excluding hydrogens is 272 g/mol. The number of rotatable bonds is 5. The number of likely N-dealkylation sites (tertiary alicyclic amines) is 1. The first-order valence-corrected chi connectivity index (χ1v) is 7.74. The van der Waals surface area contributed by atoms with Crippen molar-refractivity contribution in [3.63, 3.8) is 0 Å². The van der Waals surface area contributed by atoms with E-state index in [1.807, 2.05) is 4.90 Å². The zero-order chi connectivity index (χ0) is 15.4. The molecule has 1 heterocycles. The van der Waals surface area contributed by atoms with Crippen molar-refractivity contribution in [1.29, 1.82) is 0 Å². The molecule has 2 fully saturated rings. The van der Waals surface area contributed by atoms with Crippen molar-refractivity contribution >= 4 is 17.8 Å². The maximum atomic E-state index is 12.1. The minimum absolute atomic E-state index is 0.0719. The van der Waals surface area contributed by atoms with Crippen molar-refractivity contribution in [3.05, 3.63) is 0 Å². The summed E-state index contributed by atoms with van der Waals surface area (Å²) in [5.74, 6) is -0.403. The van der Waals surface area contributed by atoms with Gasteiger partial charge in [-0.05, 0) is 38.0 Å². The lowest BCUT2D eigenvalue weighted by Gasteiger charge is -2.28. The van der Waals surface area contributed by atoms with Crippen molar-refractivity contribution in [1.82, 2.24) is 9.80 Å². The van der Waals surface area contributed by atoms with E-state index in [9.17, 15) is 14.4 Å². The Morgan fingerprint density at radius 2 is 1.86 bits per heavy atom. The maximum Gasteiger partial charge on any atom is 0.323 e. The van der Waals surface area contributed by atoms with Gasteiger partial charge in [-0.1, -0.05) is 0 Å². The topological polar surface area (TPSA) is 77.9 Å². The quantitative estimate of drug-likeness (QED) is 0.824. The molecule has 0 spiro atoms. The number of carbonyl (C=O) groups is 3. The third kappa shape index (κ3) is 4.72. The van der Waals surface area contributed by atoms with E-state index >= 15 is 0 Å². The Morgan fingerprint density at radius 1 is 1.14 bits per heavy atom. The van der Waals surface area contributed by atoms with E-state index in [0.717, 1.165) is 19.4 Å². The zero-order valence-corrected chi connectivity index (χ0v) is 12.6. The molecule has 1 aliphatic heterocycles. The first kappa shape index (κ1) is 15.8. The summed E-state index contributed by atoms with van der Waals surface area (Å²) in [6.07, 6.45) is 5.24. The highest BCUT2D eigenvalue weighted by molar-refractivity contribution is 5.80. The van der Waals surface area contributed by atoms with Crippen LogP contribution in [0.25, 0.3) is 0 Å². The Hall–Kier alpha value is -1.59. The smallest absolute Gasteiger partial charge is 0.323 e. The van der Waals surface area contributed by atoms with Gasteiger partial charge in [0.2, 0.25) is 11.8 Å². The first-order chi connectivity index (χ1) is 9.97. The summed E-state index contributed by atoms with van der Waals surface area (Å²) in [6.45, 7) is 2.50. The number of hydrogen-bond donors (Lipinski definition) is 1. The monoisotopic (exact) mass is 296 g/mol. The molecule has 1 saturated carbocycles. The van der Waals surface area contributed by atoms with Gasteiger partial charge in [0.05, 0.1) is 0 Å². The van der Waals surface area contributed by atoms with E-state index in [4.69, 9.17) is 5.11 Å². The number of amides is 2. The van der Waals surface area contributed by atoms with E-state index in [-0.39, 0.29) is 24.4 Å². The second kappa shape index (κ2) is 6.91. The number of carboxylic acids is 1. The van der Waals surface area contributed by atoms with Crippen molar-refractivity contribution < 1.29 is 19.5 Å². The molecular formula is C15H24N2O4. The summed E-state index contributed by atoms with van der Waals surface area (Å²) in [5.41, 5.74) is 0. The standard InChI is InChI=1S/C15H24N2O4/c1-11(18)17(10-15(20)21)13-3-2-7-16(8-6-13)14(19)9-12-4-5-12/h12-13H,2-10H2,1H3,(H,20,21). The van der Waals surface area contributed by atoms with Crippen LogP contribution in [-0.4, -0.2) is 58.4 Å². The molecule has 0 aromatic carbocycles. The van der Waals surface area contributed by atoms with Crippen LogP contribution in [0.1, 0.15) is 45.4 Å². The van der Waals surface area contributed by atoms with Crippen molar-refractivity contribution in [2.45, 2.75) is 51.5 Å². The van der Waals surface area contributed by atoms with Crippen molar-refractivity contribution in [2.75, 3.05) is 19.6 Å². The normalized spacial score (nSPS) is 22.5. The van der Waals surface area contributed by atoms with Gasteiger partial charge in [-0.3, -0.25) is 14.4 Å². The van der Waals surface area contributed by atoms with Crippen LogP contribution >= 0.6 is 0 Å². The third-order valence-corrected chi connectivity index (χ3v) is 4.36. The van der Waals surface area contributed by atoms with Crippen LogP contribution in [-0.2, 0) is 14.4 Å². The lowest BCUT2D eigenvalue weighted by molar-refractivity contribution is -0.145. The molecule has 2 rings (SSSR count). The van der Waals surface area contributed by atoms with Gasteiger partial charge in [0.1, 0.15) is 6.54 Å². The summed E-state index contributed by atoms with van der Waals surface area (Å²) in [7, 11) is 0. The van der Waals surface area contributed by atoms with Crippen LogP contribution in [0.5, 0.6) is 0 Å². The Bertz CT molecular complexity index is 420. The van der Waals surface area contributed by atoms with E-state index in [0.29, 0.717) is 25.3 Å². The molecule has 6 heteroatoms. The van der Waals surface area contributed by atoms with Crippen LogP contribution in [0.2, 0.25) is 0 Å². The second-order valence-corrected chi connectivity index (χ2v) is 6.15. The van der Waals surface area contributed by atoms with Crippen LogP contribution in [0.15, 0.2) is 0 Å². The van der Waals surface area contributed by atoms with Gasteiger partial charge in [0, 0.05) is 32.5 Å². The summed E-state index contributed by atoms with van der Waals surface area (Å²) in [6, 6.07) is -0.0719. The zero-order valence-electron chi connectivity index (χ0n) is 12.6. The molecule has 0 radical (unpaired) electrons. The predicted molar refractivity (Wildman–Crippen MR) is 76.6 cm³/mol. The fraction of sp³-hybridized carbons (Fsp3) is 0.800. The molecule has 1 saturated heterocycles. The molecule has 0 aromatic heterocycles. The Labute approximate surface area is 125 Å². The molecule has 2 aliphatic rings. The molecule has 1 aliphatic carbocycles. The lowest BCUT2D eigenvalue weighted by atomic mass is 10.1. The number of hydrogen-bond acceptors (Lipinski definition) is 3. The minimum atomic E-state index is -0.990. The fourth-order valence-corrected chi connectivity index (χ4v) is 2.98. The van der Waals surface area contributed by atoms with Gasteiger partial charge < -0.3 is 14.9 Å². The lowest BCUT2D eigenvalue weighted by Crippen LogP contribution is -2.43. The highest BCUT2D eigenvalue weighted by atomic mass is 16.4. The van der Waals surface area contributed by atoms with Crippen LogP contribution in [0.3, 0.4) is 0 Å². The summed E-state index contributed by atoms with van der Waals surface area (Å²) >= 11 is 0. The summed E-state index contributed by atoms with van der Waals surface area (Å²) < 4.78 is 0. The Kier molecular flexibility index (Phi) is 5.20. The molecule has 1 N–H and O–H groups in total. The maximum absolute atomic E-state index is 12.1. The van der Waals surface area contributed by atoms with Crippen LogP contribution in [0.4, 0.5) is 0 Å².